The van der Waals surface area contributed by atoms with E-state index in [-0.39, 0.29) is 5.97 Å². The summed E-state index contributed by atoms with van der Waals surface area (Å²) < 4.78 is 4.83. The average molecular weight is 242 g/mol. The van der Waals surface area contributed by atoms with Crippen molar-refractivity contribution in [3.63, 3.8) is 0 Å². The molecular formula is C12H22N2O3. The molecule has 98 valence electrons. The number of amides is 1. The van der Waals surface area contributed by atoms with Crippen LogP contribution in [-0.4, -0.2) is 44.0 Å². The quantitative estimate of drug-likeness (QED) is 0.569. The van der Waals surface area contributed by atoms with Gasteiger partial charge in [-0.25, -0.2) is 4.79 Å². The normalized spacial score (nSPS) is 9.00. The van der Waals surface area contributed by atoms with Gasteiger partial charge in [0.15, 0.2) is 0 Å². The van der Waals surface area contributed by atoms with Gasteiger partial charge in [-0.2, -0.15) is 0 Å². The summed E-state index contributed by atoms with van der Waals surface area (Å²) in [5, 5.41) is 0. The van der Waals surface area contributed by atoms with E-state index in [9.17, 15) is 9.59 Å². The summed E-state index contributed by atoms with van der Waals surface area (Å²) in [6, 6.07) is 0. The molecule has 0 aromatic heterocycles. The molecule has 0 spiro atoms. The number of hydrogen-bond acceptors (Lipinski definition) is 4. The molecule has 0 fully saturated rings. The van der Waals surface area contributed by atoms with Crippen molar-refractivity contribution in [2.24, 2.45) is 5.73 Å². The van der Waals surface area contributed by atoms with Crippen LogP contribution in [0.3, 0.4) is 0 Å². The lowest BCUT2D eigenvalue weighted by molar-refractivity contribution is -0.139. The first kappa shape index (κ1) is 17.8. The number of hydrogen-bond donors (Lipinski definition) is 1. The lowest BCUT2D eigenvalue weighted by Gasteiger charge is -2.09. The van der Waals surface area contributed by atoms with E-state index in [4.69, 9.17) is 10.5 Å². The molecule has 5 nitrogen and oxygen atoms in total. The van der Waals surface area contributed by atoms with Crippen LogP contribution in [0.15, 0.2) is 24.3 Å². The Morgan fingerprint density at radius 3 is 1.82 bits per heavy atom. The maximum Gasteiger partial charge on any atom is 0.333 e. The van der Waals surface area contributed by atoms with Gasteiger partial charge in [0.2, 0.25) is 5.91 Å². The van der Waals surface area contributed by atoms with Crippen molar-refractivity contribution >= 4 is 11.9 Å². The van der Waals surface area contributed by atoms with Crippen molar-refractivity contribution in [3.8, 4) is 0 Å². The summed E-state index contributed by atoms with van der Waals surface area (Å²) in [7, 11) is 3.85. The smallest absolute Gasteiger partial charge is 0.333 e. The van der Waals surface area contributed by atoms with Gasteiger partial charge in [-0.3, -0.25) is 4.79 Å². The lowest BCUT2D eigenvalue weighted by Crippen LogP contribution is -2.20. The summed E-state index contributed by atoms with van der Waals surface area (Å²) in [6.45, 7) is 11.1. The number of nitrogens with zero attached hydrogens (tertiary/aromatic N) is 1. The van der Waals surface area contributed by atoms with Crippen molar-refractivity contribution in [2.45, 2.75) is 13.8 Å². The van der Waals surface area contributed by atoms with Crippen LogP contribution in [0.5, 0.6) is 0 Å². The second kappa shape index (κ2) is 9.59. The Labute approximate surface area is 103 Å². The van der Waals surface area contributed by atoms with Crippen LogP contribution in [-0.2, 0) is 14.3 Å². The Morgan fingerprint density at radius 1 is 1.18 bits per heavy atom. The standard InChI is InChI=1S/C8H15NO2.C4H7NO/c1-7(2)8(10)11-6-5-9(3)4;1-3(2)4(5)6/h1,5-6H2,2-4H3;1H2,2H3,(H2,5,6). The van der Waals surface area contributed by atoms with E-state index in [1.807, 2.05) is 19.0 Å². The van der Waals surface area contributed by atoms with Crippen molar-refractivity contribution in [1.29, 1.82) is 0 Å². The van der Waals surface area contributed by atoms with Gasteiger partial charge in [-0.05, 0) is 27.9 Å². The van der Waals surface area contributed by atoms with Gasteiger partial charge >= 0.3 is 5.97 Å². The van der Waals surface area contributed by atoms with E-state index in [1.54, 1.807) is 13.8 Å². The minimum Gasteiger partial charge on any atom is -0.461 e. The van der Waals surface area contributed by atoms with Gasteiger partial charge in [0.25, 0.3) is 0 Å². The second-order valence-electron chi connectivity index (χ2n) is 3.86. The third-order valence-corrected chi connectivity index (χ3v) is 1.54. The maximum absolute atomic E-state index is 10.8. The summed E-state index contributed by atoms with van der Waals surface area (Å²) >= 11 is 0. The number of nitrogens with two attached hydrogens (primary N) is 1. The summed E-state index contributed by atoms with van der Waals surface area (Å²) in [5.74, 6) is -0.748. The maximum atomic E-state index is 10.8. The lowest BCUT2D eigenvalue weighted by atomic mass is 10.3. The first-order valence-corrected chi connectivity index (χ1v) is 5.11. The van der Waals surface area contributed by atoms with E-state index in [2.05, 4.69) is 13.2 Å². The topological polar surface area (TPSA) is 72.6 Å². The molecule has 17 heavy (non-hydrogen) atoms. The van der Waals surface area contributed by atoms with Crippen LogP contribution < -0.4 is 5.73 Å². The molecule has 5 heteroatoms. The Morgan fingerprint density at radius 2 is 1.59 bits per heavy atom. The fraction of sp³-hybridized carbons (Fsp3) is 0.500. The predicted octanol–water partition coefficient (Wildman–Crippen LogP) is 0.715. The second-order valence-corrected chi connectivity index (χ2v) is 3.86. The van der Waals surface area contributed by atoms with E-state index in [0.717, 1.165) is 6.54 Å². The van der Waals surface area contributed by atoms with Crippen molar-refractivity contribution in [2.75, 3.05) is 27.2 Å². The molecule has 0 rings (SSSR count). The molecule has 2 N–H and O–H groups in total. The first-order chi connectivity index (χ1) is 7.68. The zero-order valence-corrected chi connectivity index (χ0v) is 11.1. The van der Waals surface area contributed by atoms with Gasteiger partial charge in [-0.1, -0.05) is 13.2 Å². The Bertz CT molecular complexity index is 284. The zero-order chi connectivity index (χ0) is 14.0. The molecular weight excluding hydrogens is 220 g/mol. The summed E-state index contributed by atoms with van der Waals surface area (Å²) in [4.78, 5) is 22.6. The van der Waals surface area contributed by atoms with E-state index < -0.39 is 5.91 Å². The van der Waals surface area contributed by atoms with Crippen LogP contribution in [0.4, 0.5) is 0 Å². The van der Waals surface area contributed by atoms with Gasteiger partial charge < -0.3 is 15.4 Å². The third kappa shape index (κ3) is 14.4. The van der Waals surface area contributed by atoms with Crippen molar-refractivity contribution < 1.29 is 14.3 Å². The van der Waals surface area contributed by atoms with Crippen LogP contribution >= 0.6 is 0 Å². The number of esters is 1. The fourth-order valence-corrected chi connectivity index (χ4v) is 0.444. The van der Waals surface area contributed by atoms with Gasteiger partial charge in [0, 0.05) is 17.7 Å². The number of ether oxygens (including phenoxy) is 1. The molecule has 0 aliphatic carbocycles. The van der Waals surface area contributed by atoms with E-state index >= 15 is 0 Å². The summed E-state index contributed by atoms with van der Waals surface area (Å²) in [5.41, 5.74) is 5.54. The van der Waals surface area contributed by atoms with Gasteiger partial charge in [0.1, 0.15) is 6.61 Å². The van der Waals surface area contributed by atoms with Gasteiger partial charge in [0.05, 0.1) is 0 Å². The highest BCUT2D eigenvalue weighted by Crippen LogP contribution is 1.91. The number of likely N-dealkylation sites (N-methyl/N-ethyl adjacent to an activating group) is 1. The SMILES string of the molecule is C=C(C)C(=O)OCCN(C)C.C=C(C)C(N)=O. The third-order valence-electron chi connectivity index (χ3n) is 1.54. The Hall–Kier alpha value is -1.62. The Balaban J connectivity index is 0. The van der Waals surface area contributed by atoms with Crippen LogP contribution in [0, 0.1) is 0 Å². The van der Waals surface area contributed by atoms with Gasteiger partial charge in [-0.15, -0.1) is 0 Å². The summed E-state index contributed by atoms with van der Waals surface area (Å²) in [6.07, 6.45) is 0. The molecule has 0 saturated carbocycles. The molecule has 0 aliphatic heterocycles. The molecule has 0 saturated heterocycles. The molecule has 0 atom stereocenters. The Kier molecular flexibility index (Phi) is 10.0. The number of rotatable bonds is 5. The monoisotopic (exact) mass is 242 g/mol. The fourth-order valence-electron chi connectivity index (χ4n) is 0.444. The molecule has 0 aliphatic rings. The molecule has 0 heterocycles. The molecule has 1 amide bonds. The number of carbonyl (C=O) groups is 2. The van der Waals surface area contributed by atoms with Crippen LogP contribution in [0.25, 0.3) is 0 Å². The molecule has 0 bridgehead atoms. The molecule has 0 radical (unpaired) electrons. The van der Waals surface area contributed by atoms with E-state index in [1.165, 1.54) is 0 Å². The number of primary amides is 1. The number of carbonyl (C=O) groups excluding carboxylic acids is 2. The molecule has 0 aromatic carbocycles. The largest absolute Gasteiger partial charge is 0.461 e. The molecule has 0 aromatic rings. The average Bonchev–Trinajstić information content (AvgIpc) is 2.17. The zero-order valence-electron chi connectivity index (χ0n) is 11.1. The highest BCUT2D eigenvalue weighted by molar-refractivity contribution is 5.90. The highest BCUT2D eigenvalue weighted by Gasteiger charge is 2.01. The molecule has 0 unspecified atom stereocenters. The van der Waals surface area contributed by atoms with Crippen LogP contribution in [0.1, 0.15) is 13.8 Å². The van der Waals surface area contributed by atoms with Crippen LogP contribution in [0.2, 0.25) is 0 Å². The van der Waals surface area contributed by atoms with E-state index in [0.29, 0.717) is 17.8 Å². The highest BCUT2D eigenvalue weighted by atomic mass is 16.5. The first-order valence-electron chi connectivity index (χ1n) is 5.11. The van der Waals surface area contributed by atoms with Crippen molar-refractivity contribution in [1.82, 2.24) is 4.90 Å². The minimum atomic E-state index is -0.435. The predicted molar refractivity (Wildman–Crippen MR) is 68.3 cm³/mol. The van der Waals surface area contributed by atoms with Crippen molar-refractivity contribution in [3.05, 3.63) is 24.3 Å². The minimum absolute atomic E-state index is 0.313.